The first-order valence-electron chi connectivity index (χ1n) is 6.67. The zero-order valence-electron chi connectivity index (χ0n) is 11.4. The van der Waals surface area contributed by atoms with Gasteiger partial charge < -0.3 is 16.0 Å². The number of amides is 2. The van der Waals surface area contributed by atoms with Gasteiger partial charge in [-0.15, -0.1) is 10.2 Å². The third kappa shape index (κ3) is 3.19. The van der Waals surface area contributed by atoms with E-state index in [4.69, 9.17) is 5.73 Å². The highest BCUT2D eigenvalue weighted by Crippen LogP contribution is 2.19. The molecule has 1 aromatic heterocycles. The van der Waals surface area contributed by atoms with Gasteiger partial charge in [-0.1, -0.05) is 6.92 Å². The third-order valence-electron chi connectivity index (χ3n) is 3.21. The van der Waals surface area contributed by atoms with E-state index >= 15 is 0 Å². The number of nitrogens with one attached hydrogen (secondary N) is 1. The van der Waals surface area contributed by atoms with E-state index in [1.807, 2.05) is 11.8 Å². The number of aromatic nitrogens is 3. The highest BCUT2D eigenvalue weighted by atomic mass is 16.2. The number of piperidine rings is 1. The Morgan fingerprint density at radius 2 is 2.25 bits per heavy atom. The largest absolute Gasteiger partial charge is 0.364 e. The van der Waals surface area contributed by atoms with Crippen molar-refractivity contribution in [1.82, 2.24) is 20.5 Å². The normalized spacial score (nSPS) is 18.6. The summed E-state index contributed by atoms with van der Waals surface area (Å²) in [5, 5.41) is 10.6. The maximum absolute atomic E-state index is 11.5. The van der Waals surface area contributed by atoms with E-state index in [9.17, 15) is 9.59 Å². The van der Waals surface area contributed by atoms with Crippen molar-refractivity contribution in [2.24, 2.45) is 5.73 Å². The SMILES string of the molecule is CCC(=O)NC1CCCCN1c1ncc(C(N)=O)nn1. The minimum atomic E-state index is -0.661. The van der Waals surface area contributed by atoms with Gasteiger partial charge in [0.2, 0.25) is 11.9 Å². The van der Waals surface area contributed by atoms with Crippen molar-refractivity contribution in [3.05, 3.63) is 11.9 Å². The third-order valence-corrected chi connectivity index (χ3v) is 3.21. The van der Waals surface area contributed by atoms with Crippen LogP contribution in [0.2, 0.25) is 0 Å². The molecule has 0 saturated carbocycles. The van der Waals surface area contributed by atoms with Crippen LogP contribution in [0, 0.1) is 0 Å². The van der Waals surface area contributed by atoms with Crippen molar-refractivity contribution in [2.45, 2.75) is 38.8 Å². The van der Waals surface area contributed by atoms with E-state index in [0.29, 0.717) is 12.4 Å². The summed E-state index contributed by atoms with van der Waals surface area (Å²) in [6.07, 6.45) is 4.49. The van der Waals surface area contributed by atoms with E-state index in [0.717, 1.165) is 25.8 Å². The van der Waals surface area contributed by atoms with Crippen molar-refractivity contribution in [1.29, 1.82) is 0 Å². The molecule has 2 heterocycles. The molecule has 2 amide bonds. The van der Waals surface area contributed by atoms with E-state index in [1.54, 1.807) is 0 Å². The highest BCUT2D eigenvalue weighted by molar-refractivity contribution is 5.90. The quantitative estimate of drug-likeness (QED) is 0.789. The average molecular weight is 278 g/mol. The lowest BCUT2D eigenvalue weighted by Crippen LogP contribution is -2.51. The molecule has 1 aliphatic rings. The summed E-state index contributed by atoms with van der Waals surface area (Å²) >= 11 is 0. The van der Waals surface area contributed by atoms with Crippen molar-refractivity contribution in [3.63, 3.8) is 0 Å². The molecule has 20 heavy (non-hydrogen) atoms. The lowest BCUT2D eigenvalue weighted by molar-refractivity contribution is -0.121. The standard InChI is InChI=1S/C12H18N6O2/c1-2-10(19)15-9-5-3-4-6-18(9)12-14-7-8(11(13)20)16-17-12/h7,9H,2-6H2,1H3,(H2,13,20)(H,15,19). The van der Waals surface area contributed by atoms with Gasteiger partial charge in [-0.25, -0.2) is 4.98 Å². The van der Waals surface area contributed by atoms with Crippen molar-refractivity contribution in [3.8, 4) is 0 Å². The van der Waals surface area contributed by atoms with Crippen LogP contribution in [0.25, 0.3) is 0 Å². The van der Waals surface area contributed by atoms with Gasteiger partial charge in [0.15, 0.2) is 5.69 Å². The second-order valence-corrected chi connectivity index (χ2v) is 4.63. The Morgan fingerprint density at radius 3 is 2.85 bits per heavy atom. The van der Waals surface area contributed by atoms with Crippen molar-refractivity contribution >= 4 is 17.8 Å². The molecule has 0 bridgehead atoms. The van der Waals surface area contributed by atoms with Crippen molar-refractivity contribution < 1.29 is 9.59 Å². The molecule has 1 saturated heterocycles. The van der Waals surface area contributed by atoms with Crippen LogP contribution in [-0.4, -0.2) is 39.7 Å². The summed E-state index contributed by atoms with van der Waals surface area (Å²) in [6, 6.07) is 0. The summed E-state index contributed by atoms with van der Waals surface area (Å²) in [7, 11) is 0. The molecule has 0 aromatic carbocycles. The minimum Gasteiger partial charge on any atom is -0.364 e. The van der Waals surface area contributed by atoms with Gasteiger partial charge in [0.05, 0.1) is 6.20 Å². The number of primary amides is 1. The zero-order chi connectivity index (χ0) is 14.5. The van der Waals surface area contributed by atoms with E-state index in [1.165, 1.54) is 6.20 Å². The van der Waals surface area contributed by atoms with Crippen LogP contribution < -0.4 is 16.0 Å². The zero-order valence-corrected chi connectivity index (χ0v) is 11.4. The Balaban J connectivity index is 2.14. The number of hydrogen-bond acceptors (Lipinski definition) is 6. The van der Waals surface area contributed by atoms with E-state index in [-0.39, 0.29) is 17.8 Å². The molecule has 0 aliphatic carbocycles. The number of rotatable bonds is 4. The summed E-state index contributed by atoms with van der Waals surface area (Å²) in [5.41, 5.74) is 5.13. The first kappa shape index (κ1) is 14.2. The topological polar surface area (TPSA) is 114 Å². The van der Waals surface area contributed by atoms with Crippen LogP contribution in [-0.2, 0) is 4.79 Å². The summed E-state index contributed by atoms with van der Waals surface area (Å²) < 4.78 is 0. The molecule has 108 valence electrons. The number of nitrogens with two attached hydrogens (primary N) is 1. The van der Waals surface area contributed by atoms with Crippen LogP contribution in [0.3, 0.4) is 0 Å². The molecule has 1 aromatic rings. The lowest BCUT2D eigenvalue weighted by Gasteiger charge is -2.35. The number of anilines is 1. The van der Waals surface area contributed by atoms with E-state index < -0.39 is 5.91 Å². The van der Waals surface area contributed by atoms with Crippen molar-refractivity contribution in [2.75, 3.05) is 11.4 Å². The summed E-state index contributed by atoms with van der Waals surface area (Å²) in [4.78, 5) is 28.5. The van der Waals surface area contributed by atoms with Crippen LogP contribution >= 0.6 is 0 Å². The fraction of sp³-hybridized carbons (Fsp3) is 0.583. The van der Waals surface area contributed by atoms with Crippen LogP contribution in [0.5, 0.6) is 0 Å². The van der Waals surface area contributed by atoms with Gasteiger partial charge in [0.1, 0.15) is 6.17 Å². The van der Waals surface area contributed by atoms with Crippen LogP contribution in [0.4, 0.5) is 5.95 Å². The predicted octanol–water partition coefficient (Wildman–Crippen LogP) is -0.187. The molecule has 8 nitrogen and oxygen atoms in total. The molecule has 1 unspecified atom stereocenters. The van der Waals surface area contributed by atoms with Gasteiger partial charge in [-0.05, 0) is 19.3 Å². The Bertz CT molecular complexity index is 489. The molecule has 1 aliphatic heterocycles. The first-order valence-corrected chi connectivity index (χ1v) is 6.67. The second-order valence-electron chi connectivity index (χ2n) is 4.63. The number of nitrogens with zero attached hydrogens (tertiary/aromatic N) is 4. The Labute approximate surface area is 116 Å². The molecule has 8 heteroatoms. The van der Waals surface area contributed by atoms with Crippen LogP contribution in [0.1, 0.15) is 43.1 Å². The summed E-state index contributed by atoms with van der Waals surface area (Å²) in [6.45, 7) is 2.55. The van der Waals surface area contributed by atoms with Gasteiger partial charge in [0.25, 0.3) is 5.91 Å². The molecule has 1 fully saturated rings. The smallest absolute Gasteiger partial charge is 0.270 e. The maximum atomic E-state index is 11.5. The Morgan fingerprint density at radius 1 is 1.45 bits per heavy atom. The summed E-state index contributed by atoms with van der Waals surface area (Å²) in [5.74, 6) is -0.272. The fourth-order valence-corrected chi connectivity index (χ4v) is 2.12. The number of carbonyl (C=O) groups excluding carboxylic acids is 2. The fourth-order valence-electron chi connectivity index (χ4n) is 2.12. The Kier molecular flexibility index (Phi) is 4.44. The Hall–Kier alpha value is -2.25. The van der Waals surface area contributed by atoms with E-state index in [2.05, 4.69) is 20.5 Å². The molecule has 0 radical (unpaired) electrons. The van der Waals surface area contributed by atoms with Gasteiger partial charge in [-0.2, -0.15) is 0 Å². The van der Waals surface area contributed by atoms with Gasteiger partial charge in [0, 0.05) is 13.0 Å². The monoisotopic (exact) mass is 278 g/mol. The predicted molar refractivity (Wildman–Crippen MR) is 71.8 cm³/mol. The molecule has 3 N–H and O–H groups in total. The number of carbonyl (C=O) groups is 2. The maximum Gasteiger partial charge on any atom is 0.270 e. The minimum absolute atomic E-state index is 0.0105. The van der Waals surface area contributed by atoms with Crippen LogP contribution in [0.15, 0.2) is 6.20 Å². The highest BCUT2D eigenvalue weighted by Gasteiger charge is 2.26. The first-order chi connectivity index (χ1) is 9.61. The van der Waals surface area contributed by atoms with Gasteiger partial charge >= 0.3 is 0 Å². The molecule has 1 atom stereocenters. The van der Waals surface area contributed by atoms with Gasteiger partial charge in [-0.3, -0.25) is 9.59 Å². The molecule has 0 spiro atoms. The lowest BCUT2D eigenvalue weighted by atomic mass is 10.1. The average Bonchev–Trinajstić information content (AvgIpc) is 2.48. The second kappa shape index (κ2) is 6.27. The molecular formula is C12H18N6O2. The number of hydrogen-bond donors (Lipinski definition) is 2. The molecular weight excluding hydrogens is 260 g/mol. The molecule has 2 rings (SSSR count).